The fourth-order valence-electron chi connectivity index (χ4n) is 1.98. The molecule has 1 aliphatic heterocycles. The molecule has 1 atom stereocenters. The molecule has 0 spiro atoms. The predicted molar refractivity (Wildman–Crippen MR) is 66.4 cm³/mol. The van der Waals surface area contributed by atoms with Gasteiger partial charge in [0.15, 0.2) is 0 Å². The van der Waals surface area contributed by atoms with Crippen LogP contribution in [0.3, 0.4) is 0 Å². The smallest absolute Gasteiger partial charge is 0.325 e. The van der Waals surface area contributed by atoms with Crippen molar-refractivity contribution in [2.24, 2.45) is 0 Å². The Morgan fingerprint density at radius 3 is 2.47 bits per heavy atom. The van der Waals surface area contributed by atoms with Gasteiger partial charge in [-0.05, 0) is 17.5 Å². The molecule has 1 unspecified atom stereocenters. The molecule has 1 aromatic carbocycles. The molecule has 6 nitrogen and oxygen atoms in total. The van der Waals surface area contributed by atoms with Crippen molar-refractivity contribution in [1.82, 2.24) is 10.2 Å². The monoisotopic (exact) mass is 262 g/mol. The minimum Gasteiger partial charge on any atom is -0.480 e. The second-order valence-corrected chi connectivity index (χ2v) is 4.30. The van der Waals surface area contributed by atoms with Crippen LogP contribution < -0.4 is 5.32 Å². The Labute approximate surface area is 110 Å². The fourth-order valence-corrected chi connectivity index (χ4v) is 1.98. The number of hydrogen-bond donors (Lipinski definition) is 2. The van der Waals surface area contributed by atoms with Crippen LogP contribution in [0.25, 0.3) is 0 Å². The third kappa shape index (κ3) is 2.57. The van der Waals surface area contributed by atoms with E-state index in [-0.39, 0.29) is 0 Å². The average molecular weight is 262 g/mol. The molecule has 0 bridgehead atoms. The molecule has 1 fully saturated rings. The highest BCUT2D eigenvalue weighted by Crippen LogP contribution is 2.22. The van der Waals surface area contributed by atoms with Crippen molar-refractivity contribution < 1.29 is 19.5 Å². The van der Waals surface area contributed by atoms with Gasteiger partial charge in [0.25, 0.3) is 5.91 Å². The van der Waals surface area contributed by atoms with Crippen LogP contribution in [0.4, 0.5) is 4.79 Å². The second-order valence-electron chi connectivity index (χ2n) is 4.30. The summed E-state index contributed by atoms with van der Waals surface area (Å²) in [6, 6.07) is 5.84. The lowest BCUT2D eigenvalue weighted by Gasteiger charge is -2.10. The number of urea groups is 1. The lowest BCUT2D eigenvalue weighted by atomic mass is 10.0. The molecule has 2 N–H and O–H groups in total. The summed E-state index contributed by atoms with van der Waals surface area (Å²) in [5.74, 6) is -1.75. The molecule has 3 amide bonds. The van der Waals surface area contributed by atoms with Crippen molar-refractivity contribution in [3.05, 3.63) is 35.4 Å². The van der Waals surface area contributed by atoms with Gasteiger partial charge in [-0.15, -0.1) is 0 Å². The Morgan fingerprint density at radius 1 is 1.32 bits per heavy atom. The van der Waals surface area contributed by atoms with Crippen molar-refractivity contribution in [2.45, 2.75) is 19.4 Å². The molecule has 100 valence electrons. The molecule has 0 aromatic heterocycles. The summed E-state index contributed by atoms with van der Waals surface area (Å²) in [6.07, 6.45) is 0.885. The Hall–Kier alpha value is -2.37. The maximum absolute atomic E-state index is 12.0. The predicted octanol–water partition coefficient (Wildman–Crippen LogP) is 0.926. The number of aryl methyl sites for hydroxylation is 1. The zero-order chi connectivity index (χ0) is 14.0. The van der Waals surface area contributed by atoms with E-state index >= 15 is 0 Å². The number of hydrogen-bond acceptors (Lipinski definition) is 3. The molecule has 6 heteroatoms. The number of imide groups is 1. The van der Waals surface area contributed by atoms with Crippen molar-refractivity contribution in [2.75, 3.05) is 6.54 Å². The normalized spacial score (nSPS) is 18.6. The number of carboxylic acid groups (broad SMARTS) is 1. The molecule has 1 saturated heterocycles. The van der Waals surface area contributed by atoms with E-state index in [0.717, 1.165) is 12.0 Å². The zero-order valence-electron chi connectivity index (χ0n) is 10.4. The highest BCUT2D eigenvalue weighted by Gasteiger charge is 2.39. The molecule has 1 aliphatic rings. The van der Waals surface area contributed by atoms with Crippen LogP contribution in [0.2, 0.25) is 0 Å². The molecule has 0 radical (unpaired) electrons. The van der Waals surface area contributed by atoms with Gasteiger partial charge in [0.05, 0.1) is 0 Å². The number of rotatable bonds is 4. The lowest BCUT2D eigenvalue weighted by molar-refractivity contribution is -0.141. The number of carboxylic acids is 1. The fraction of sp³-hybridized carbons (Fsp3) is 0.308. The summed E-state index contributed by atoms with van der Waals surface area (Å²) in [6.45, 7) is 1.40. The molecular formula is C13H14N2O4. The number of nitrogens with one attached hydrogen (secondary N) is 1. The minimum absolute atomic E-state index is 0.531. The van der Waals surface area contributed by atoms with Gasteiger partial charge in [0, 0.05) is 0 Å². The average Bonchev–Trinajstić information content (AvgIpc) is 2.66. The minimum atomic E-state index is -1.22. The van der Waals surface area contributed by atoms with Crippen LogP contribution in [0.15, 0.2) is 24.3 Å². The van der Waals surface area contributed by atoms with Crippen LogP contribution >= 0.6 is 0 Å². The van der Waals surface area contributed by atoms with E-state index in [1.165, 1.54) is 0 Å². The van der Waals surface area contributed by atoms with E-state index < -0.39 is 30.5 Å². The number of nitrogens with zero attached hydrogens (tertiary/aromatic N) is 1. The quantitative estimate of drug-likeness (QED) is 0.790. The SMILES string of the molecule is CCc1ccc(C2NC(=O)N(CC(=O)O)C2=O)cc1. The van der Waals surface area contributed by atoms with Gasteiger partial charge < -0.3 is 10.4 Å². The maximum atomic E-state index is 12.0. The zero-order valence-corrected chi connectivity index (χ0v) is 10.4. The first-order valence-electron chi connectivity index (χ1n) is 5.95. The molecule has 19 heavy (non-hydrogen) atoms. The van der Waals surface area contributed by atoms with Gasteiger partial charge in [-0.2, -0.15) is 0 Å². The van der Waals surface area contributed by atoms with Crippen LogP contribution in [-0.4, -0.2) is 34.5 Å². The second kappa shape index (κ2) is 5.09. The molecule has 0 aliphatic carbocycles. The number of amides is 3. The van der Waals surface area contributed by atoms with E-state index in [1.54, 1.807) is 12.1 Å². The highest BCUT2D eigenvalue weighted by atomic mass is 16.4. The first-order chi connectivity index (χ1) is 9.02. The lowest BCUT2D eigenvalue weighted by Crippen LogP contribution is -2.35. The first-order valence-corrected chi connectivity index (χ1v) is 5.95. The summed E-state index contributed by atoms with van der Waals surface area (Å²) < 4.78 is 0. The van der Waals surface area contributed by atoms with Gasteiger partial charge in [-0.1, -0.05) is 31.2 Å². The van der Waals surface area contributed by atoms with E-state index in [9.17, 15) is 14.4 Å². The van der Waals surface area contributed by atoms with E-state index in [0.29, 0.717) is 10.5 Å². The van der Waals surface area contributed by atoms with Gasteiger partial charge in [-0.25, -0.2) is 4.79 Å². The molecule has 0 saturated carbocycles. The Morgan fingerprint density at radius 2 is 1.95 bits per heavy atom. The van der Waals surface area contributed by atoms with Crippen molar-refractivity contribution in [3.8, 4) is 0 Å². The Balaban J connectivity index is 2.19. The van der Waals surface area contributed by atoms with Crippen LogP contribution in [0, 0.1) is 0 Å². The summed E-state index contributed by atoms with van der Waals surface area (Å²) in [4.78, 5) is 34.9. The van der Waals surface area contributed by atoms with Crippen molar-refractivity contribution in [1.29, 1.82) is 0 Å². The summed E-state index contributed by atoms with van der Waals surface area (Å²) in [5.41, 5.74) is 1.78. The standard InChI is InChI=1S/C13H14N2O4/c1-2-8-3-5-9(6-4-8)11-12(18)15(7-10(16)17)13(19)14-11/h3-6,11H,2,7H2,1H3,(H,14,19)(H,16,17). The van der Waals surface area contributed by atoms with Gasteiger partial charge >= 0.3 is 12.0 Å². The topological polar surface area (TPSA) is 86.7 Å². The van der Waals surface area contributed by atoms with E-state index in [1.807, 2.05) is 19.1 Å². The van der Waals surface area contributed by atoms with Crippen molar-refractivity contribution in [3.63, 3.8) is 0 Å². The molecule has 1 aromatic rings. The molecule has 1 heterocycles. The number of carbonyl (C=O) groups excluding carboxylic acids is 2. The summed E-state index contributed by atoms with van der Waals surface area (Å²) in [7, 11) is 0. The molecular weight excluding hydrogens is 248 g/mol. The van der Waals surface area contributed by atoms with Crippen LogP contribution in [0.5, 0.6) is 0 Å². The molecule has 2 rings (SSSR count). The van der Waals surface area contributed by atoms with E-state index in [2.05, 4.69) is 5.32 Å². The number of benzene rings is 1. The van der Waals surface area contributed by atoms with Crippen molar-refractivity contribution >= 4 is 17.9 Å². The largest absolute Gasteiger partial charge is 0.480 e. The van der Waals surface area contributed by atoms with Gasteiger partial charge in [0.1, 0.15) is 12.6 Å². The Kier molecular flexibility index (Phi) is 3.50. The van der Waals surface area contributed by atoms with Gasteiger partial charge in [-0.3, -0.25) is 14.5 Å². The first kappa shape index (κ1) is 13.1. The number of aliphatic carboxylic acids is 1. The number of carbonyl (C=O) groups is 3. The summed E-state index contributed by atoms with van der Waals surface area (Å²) in [5, 5.41) is 11.1. The Bertz CT molecular complexity index is 524. The highest BCUT2D eigenvalue weighted by molar-refractivity contribution is 6.06. The van der Waals surface area contributed by atoms with Crippen LogP contribution in [-0.2, 0) is 16.0 Å². The summed E-state index contributed by atoms with van der Waals surface area (Å²) >= 11 is 0. The third-order valence-electron chi connectivity index (χ3n) is 3.04. The van der Waals surface area contributed by atoms with Gasteiger partial charge in [0.2, 0.25) is 0 Å². The third-order valence-corrected chi connectivity index (χ3v) is 3.04. The van der Waals surface area contributed by atoms with E-state index in [4.69, 9.17) is 5.11 Å². The maximum Gasteiger partial charge on any atom is 0.325 e. The van der Waals surface area contributed by atoms with Crippen LogP contribution in [0.1, 0.15) is 24.1 Å².